The van der Waals surface area contributed by atoms with E-state index in [9.17, 15) is 18.0 Å². The van der Waals surface area contributed by atoms with Crippen molar-refractivity contribution < 1.29 is 23.1 Å². The first-order chi connectivity index (χ1) is 8.76. The number of hydrogen-bond donors (Lipinski definition) is 1. The normalized spacial score (nSPS) is 11.1. The predicted octanol–water partition coefficient (Wildman–Crippen LogP) is 3.54. The van der Waals surface area contributed by atoms with E-state index in [0.717, 1.165) is 12.1 Å². The second-order valence-electron chi connectivity index (χ2n) is 3.47. The molecule has 0 aliphatic rings. The van der Waals surface area contributed by atoms with E-state index in [0.29, 0.717) is 0 Å². The summed E-state index contributed by atoms with van der Waals surface area (Å²) in [6, 6.07) is 3.88. The van der Waals surface area contributed by atoms with Crippen molar-refractivity contribution >= 4 is 29.3 Å². The molecule has 102 valence electrons. The number of aliphatic carboxylic acids is 1. The molecule has 0 amide bonds. The minimum atomic E-state index is -4.48. The van der Waals surface area contributed by atoms with Crippen LogP contribution in [0.4, 0.5) is 13.2 Å². The lowest BCUT2D eigenvalue weighted by Crippen LogP contribution is -2.07. The van der Waals surface area contributed by atoms with Crippen LogP contribution in [0.1, 0.15) is 16.7 Å². The molecule has 3 nitrogen and oxygen atoms in total. The van der Waals surface area contributed by atoms with E-state index in [-0.39, 0.29) is 39.2 Å². The molecule has 0 spiro atoms. The average molecular weight is 310 g/mol. The Bertz CT molecular complexity index is 540. The van der Waals surface area contributed by atoms with Crippen LogP contribution < -0.4 is 0 Å². The lowest BCUT2D eigenvalue weighted by molar-refractivity contribution is -0.136. The Labute approximate surface area is 116 Å². The lowest BCUT2D eigenvalue weighted by Gasteiger charge is -2.11. The third kappa shape index (κ3) is 4.65. The first-order valence-electron chi connectivity index (χ1n) is 4.86. The van der Waals surface area contributed by atoms with Gasteiger partial charge in [-0.2, -0.15) is 18.4 Å². The van der Waals surface area contributed by atoms with Crippen LogP contribution in [0.2, 0.25) is 0 Å². The topological polar surface area (TPSA) is 61.1 Å². The van der Waals surface area contributed by atoms with Crippen molar-refractivity contribution in [2.75, 3.05) is 0 Å². The quantitative estimate of drug-likeness (QED) is 0.682. The molecule has 19 heavy (non-hydrogen) atoms. The van der Waals surface area contributed by atoms with Gasteiger partial charge in [0.15, 0.2) is 0 Å². The molecule has 0 radical (unpaired) electrons. The predicted molar refractivity (Wildman–Crippen MR) is 64.0 cm³/mol. The van der Waals surface area contributed by atoms with Crippen LogP contribution in [0, 0.1) is 11.3 Å². The van der Waals surface area contributed by atoms with E-state index in [2.05, 4.69) is 0 Å². The van der Waals surface area contributed by atoms with Crippen molar-refractivity contribution in [3.63, 3.8) is 0 Å². The minimum absolute atomic E-state index is 0.104. The van der Waals surface area contributed by atoms with Crippen LogP contribution in [0.3, 0.4) is 0 Å². The SMILES string of the molecule is N#Cc1cc(SC(F)(F)F)cc(CCl)c1CC(=O)O. The number of nitriles is 1. The summed E-state index contributed by atoms with van der Waals surface area (Å²) in [6.07, 6.45) is -0.456. The number of thioether (sulfide) groups is 1. The Hall–Kier alpha value is -1.39. The maximum atomic E-state index is 12.3. The molecular weight excluding hydrogens is 303 g/mol. The van der Waals surface area contributed by atoms with E-state index in [1.54, 1.807) is 6.07 Å². The van der Waals surface area contributed by atoms with E-state index >= 15 is 0 Å². The first-order valence-corrected chi connectivity index (χ1v) is 6.21. The Morgan fingerprint density at radius 3 is 2.53 bits per heavy atom. The average Bonchev–Trinajstić information content (AvgIpc) is 2.27. The molecule has 0 unspecified atom stereocenters. The van der Waals surface area contributed by atoms with Gasteiger partial charge >= 0.3 is 11.5 Å². The maximum absolute atomic E-state index is 12.3. The summed E-state index contributed by atoms with van der Waals surface area (Å²) in [6.45, 7) is 0. The van der Waals surface area contributed by atoms with Crippen LogP contribution in [0.5, 0.6) is 0 Å². The summed E-state index contributed by atoms with van der Waals surface area (Å²) in [5.74, 6) is -1.34. The van der Waals surface area contributed by atoms with Crippen molar-refractivity contribution in [1.29, 1.82) is 5.26 Å². The van der Waals surface area contributed by atoms with E-state index < -0.39 is 17.9 Å². The zero-order valence-electron chi connectivity index (χ0n) is 9.29. The Kier molecular flexibility index (Phi) is 5.09. The first kappa shape index (κ1) is 15.7. The van der Waals surface area contributed by atoms with Gasteiger partial charge in [-0.3, -0.25) is 4.79 Å². The number of halogens is 4. The monoisotopic (exact) mass is 309 g/mol. The van der Waals surface area contributed by atoms with Crippen molar-refractivity contribution in [3.05, 3.63) is 28.8 Å². The number of carboxylic acids is 1. The van der Waals surface area contributed by atoms with E-state index in [1.807, 2.05) is 0 Å². The second kappa shape index (κ2) is 6.17. The van der Waals surface area contributed by atoms with Crippen LogP contribution >= 0.6 is 23.4 Å². The third-order valence-corrected chi connectivity index (χ3v) is 3.13. The van der Waals surface area contributed by atoms with Gasteiger partial charge in [-0.15, -0.1) is 11.6 Å². The van der Waals surface area contributed by atoms with E-state index in [1.165, 1.54) is 0 Å². The minimum Gasteiger partial charge on any atom is -0.481 e. The highest BCUT2D eigenvalue weighted by Crippen LogP contribution is 2.38. The Morgan fingerprint density at radius 1 is 1.47 bits per heavy atom. The second-order valence-corrected chi connectivity index (χ2v) is 4.88. The van der Waals surface area contributed by atoms with Gasteiger partial charge in [0, 0.05) is 10.8 Å². The fourth-order valence-corrected chi connectivity index (χ4v) is 2.36. The van der Waals surface area contributed by atoms with Gasteiger partial charge in [0.05, 0.1) is 18.1 Å². The molecule has 1 N–H and O–H groups in total. The molecule has 0 atom stereocenters. The summed E-state index contributed by atoms with van der Waals surface area (Å²) in [7, 11) is 0. The van der Waals surface area contributed by atoms with Crippen LogP contribution in [-0.2, 0) is 17.1 Å². The number of alkyl halides is 4. The molecule has 0 saturated heterocycles. The largest absolute Gasteiger partial charge is 0.481 e. The molecule has 0 aromatic heterocycles. The third-order valence-electron chi connectivity index (χ3n) is 2.14. The molecule has 0 aliphatic carbocycles. The molecule has 1 aromatic carbocycles. The van der Waals surface area contributed by atoms with Crippen molar-refractivity contribution in [2.24, 2.45) is 0 Å². The van der Waals surface area contributed by atoms with Gasteiger partial charge in [0.1, 0.15) is 0 Å². The van der Waals surface area contributed by atoms with Crippen molar-refractivity contribution in [2.45, 2.75) is 22.7 Å². The van der Waals surface area contributed by atoms with Gasteiger partial charge < -0.3 is 5.11 Å². The summed E-state index contributed by atoms with van der Waals surface area (Å²) >= 11 is 5.23. The highest BCUT2D eigenvalue weighted by atomic mass is 35.5. The highest BCUT2D eigenvalue weighted by Gasteiger charge is 2.30. The van der Waals surface area contributed by atoms with Gasteiger partial charge in [-0.1, -0.05) is 0 Å². The maximum Gasteiger partial charge on any atom is 0.446 e. The summed E-state index contributed by atoms with van der Waals surface area (Å²) in [5.41, 5.74) is -4.22. The lowest BCUT2D eigenvalue weighted by atomic mass is 10.00. The number of carbonyl (C=O) groups is 1. The van der Waals surface area contributed by atoms with Gasteiger partial charge in [0.25, 0.3) is 0 Å². The Balaban J connectivity index is 3.28. The smallest absolute Gasteiger partial charge is 0.446 e. The molecule has 0 heterocycles. The number of benzene rings is 1. The standard InChI is InChI=1S/C11H7ClF3NO2S/c12-4-6-1-8(19-11(13,14)15)2-7(5-16)9(6)3-10(17)18/h1-2H,3-4H2,(H,17,18). The van der Waals surface area contributed by atoms with Crippen molar-refractivity contribution in [3.8, 4) is 6.07 Å². The van der Waals surface area contributed by atoms with Crippen molar-refractivity contribution in [1.82, 2.24) is 0 Å². The number of hydrogen-bond acceptors (Lipinski definition) is 3. The van der Waals surface area contributed by atoms with Gasteiger partial charge in [-0.25, -0.2) is 0 Å². The molecule has 0 saturated carbocycles. The highest BCUT2D eigenvalue weighted by molar-refractivity contribution is 8.00. The fourth-order valence-electron chi connectivity index (χ4n) is 1.47. The molecule has 1 rings (SSSR count). The molecular formula is C11H7ClF3NO2S. The summed E-state index contributed by atoms with van der Waals surface area (Å²) < 4.78 is 36.8. The zero-order valence-corrected chi connectivity index (χ0v) is 10.9. The molecule has 1 aromatic rings. The molecule has 0 aliphatic heterocycles. The molecule has 0 fully saturated rings. The number of rotatable bonds is 4. The van der Waals surface area contributed by atoms with E-state index in [4.69, 9.17) is 22.0 Å². The molecule has 0 bridgehead atoms. The molecule has 8 heteroatoms. The number of nitrogens with zero attached hydrogens (tertiary/aromatic N) is 1. The van der Waals surface area contributed by atoms with Crippen LogP contribution in [0.25, 0.3) is 0 Å². The summed E-state index contributed by atoms with van der Waals surface area (Å²) in [4.78, 5) is 10.5. The van der Waals surface area contributed by atoms with Gasteiger partial charge in [-0.05, 0) is 35.0 Å². The fraction of sp³-hybridized carbons (Fsp3) is 0.273. The number of carboxylic acid groups (broad SMARTS) is 1. The van der Waals surface area contributed by atoms with Crippen LogP contribution in [0.15, 0.2) is 17.0 Å². The summed E-state index contributed by atoms with van der Waals surface area (Å²) in [5, 5.41) is 17.6. The Morgan fingerprint density at radius 2 is 2.11 bits per heavy atom. The van der Waals surface area contributed by atoms with Gasteiger partial charge in [0.2, 0.25) is 0 Å². The van der Waals surface area contributed by atoms with Crippen LogP contribution in [-0.4, -0.2) is 16.6 Å². The zero-order chi connectivity index (χ0) is 14.6.